The molecule has 0 spiro atoms. The predicted molar refractivity (Wildman–Crippen MR) is 92.8 cm³/mol. The number of rotatable bonds is 7. The maximum Gasteiger partial charge on any atom is 0.0438 e. The van der Waals surface area contributed by atoms with Crippen LogP contribution >= 0.6 is 27.5 Å². The summed E-state index contributed by atoms with van der Waals surface area (Å²) in [4.78, 5) is 4.25. The van der Waals surface area contributed by atoms with E-state index in [1.165, 1.54) is 11.1 Å². The van der Waals surface area contributed by atoms with Gasteiger partial charge in [-0.25, -0.2) is 0 Å². The number of nitrogens with one attached hydrogen (secondary N) is 1. The molecule has 2 rings (SSSR count). The van der Waals surface area contributed by atoms with E-state index in [2.05, 4.69) is 45.3 Å². The van der Waals surface area contributed by atoms with E-state index in [9.17, 15) is 0 Å². The van der Waals surface area contributed by atoms with Gasteiger partial charge < -0.3 is 5.32 Å². The molecule has 4 heteroatoms. The fourth-order valence-electron chi connectivity index (χ4n) is 2.44. The van der Waals surface area contributed by atoms with Gasteiger partial charge in [0.25, 0.3) is 0 Å². The zero-order valence-electron chi connectivity index (χ0n) is 12.2. The molecule has 1 N–H and O–H groups in total. The topological polar surface area (TPSA) is 24.9 Å². The molecule has 2 nitrogen and oxygen atoms in total. The summed E-state index contributed by atoms with van der Waals surface area (Å²) >= 11 is 9.77. The zero-order valence-corrected chi connectivity index (χ0v) is 14.5. The van der Waals surface area contributed by atoms with Gasteiger partial charge >= 0.3 is 0 Å². The van der Waals surface area contributed by atoms with E-state index >= 15 is 0 Å². The Labute approximate surface area is 140 Å². The van der Waals surface area contributed by atoms with Crippen LogP contribution in [0.5, 0.6) is 0 Å². The molecule has 0 aliphatic heterocycles. The number of benzene rings is 1. The highest BCUT2D eigenvalue weighted by atomic mass is 79.9. The SMILES string of the molecule is CCNCC(Cc1cncc(Br)c1)Cc1ccccc1Cl. The first kappa shape index (κ1) is 16.5. The molecule has 1 heterocycles. The Morgan fingerprint density at radius 2 is 2.05 bits per heavy atom. The van der Waals surface area contributed by atoms with Crippen LogP contribution in [0.4, 0.5) is 0 Å². The molecule has 0 aliphatic carbocycles. The number of nitrogens with zero attached hydrogens (tertiary/aromatic N) is 1. The molecule has 2 aromatic rings. The molecule has 1 atom stereocenters. The number of pyridine rings is 1. The van der Waals surface area contributed by atoms with E-state index in [0.29, 0.717) is 5.92 Å². The second kappa shape index (κ2) is 8.52. The lowest BCUT2D eigenvalue weighted by molar-refractivity contribution is 0.478. The zero-order chi connectivity index (χ0) is 15.1. The average molecular weight is 368 g/mol. The number of hydrogen-bond donors (Lipinski definition) is 1. The summed E-state index contributed by atoms with van der Waals surface area (Å²) in [6.45, 7) is 4.09. The Morgan fingerprint density at radius 1 is 1.24 bits per heavy atom. The van der Waals surface area contributed by atoms with Crippen LogP contribution in [0.15, 0.2) is 47.2 Å². The first-order chi connectivity index (χ1) is 10.2. The summed E-state index contributed by atoms with van der Waals surface area (Å²) in [6, 6.07) is 10.2. The lowest BCUT2D eigenvalue weighted by Gasteiger charge is -2.18. The molecule has 0 saturated carbocycles. The largest absolute Gasteiger partial charge is 0.317 e. The lowest BCUT2D eigenvalue weighted by Crippen LogP contribution is -2.25. The van der Waals surface area contributed by atoms with Gasteiger partial charge in [0.1, 0.15) is 0 Å². The van der Waals surface area contributed by atoms with Crippen molar-refractivity contribution >= 4 is 27.5 Å². The smallest absolute Gasteiger partial charge is 0.0438 e. The van der Waals surface area contributed by atoms with E-state index in [-0.39, 0.29) is 0 Å². The monoisotopic (exact) mass is 366 g/mol. The Hall–Kier alpha value is -0.900. The maximum absolute atomic E-state index is 6.29. The molecule has 112 valence electrons. The predicted octanol–water partition coefficient (Wildman–Crippen LogP) is 4.51. The van der Waals surface area contributed by atoms with Crippen LogP contribution in [0.1, 0.15) is 18.1 Å². The quantitative estimate of drug-likeness (QED) is 0.779. The minimum atomic E-state index is 0.501. The Bertz CT molecular complexity index is 574. The van der Waals surface area contributed by atoms with Gasteiger partial charge in [-0.05, 0) is 71.0 Å². The van der Waals surface area contributed by atoms with Crippen molar-refractivity contribution in [2.24, 2.45) is 5.92 Å². The van der Waals surface area contributed by atoms with Crippen molar-refractivity contribution in [1.29, 1.82) is 0 Å². The van der Waals surface area contributed by atoms with Gasteiger partial charge in [0.15, 0.2) is 0 Å². The summed E-state index contributed by atoms with van der Waals surface area (Å²) in [6.07, 6.45) is 5.72. The average Bonchev–Trinajstić information content (AvgIpc) is 2.47. The van der Waals surface area contributed by atoms with E-state index in [0.717, 1.165) is 35.4 Å². The fourth-order valence-corrected chi connectivity index (χ4v) is 3.07. The van der Waals surface area contributed by atoms with E-state index < -0.39 is 0 Å². The van der Waals surface area contributed by atoms with E-state index in [1.54, 1.807) is 0 Å². The molecule has 0 aliphatic rings. The molecule has 1 aromatic heterocycles. The molecule has 0 radical (unpaired) electrons. The normalized spacial score (nSPS) is 12.3. The molecule has 1 aromatic carbocycles. The highest BCUT2D eigenvalue weighted by Crippen LogP contribution is 2.21. The third-order valence-corrected chi connectivity index (χ3v) is 4.24. The standard InChI is InChI=1S/C17H20BrClN2/c1-2-20-10-13(7-14-9-16(18)12-21-11-14)8-15-5-3-4-6-17(15)19/h3-6,9,11-13,20H,2,7-8,10H2,1H3. The van der Waals surface area contributed by atoms with E-state index in [1.807, 2.05) is 30.6 Å². The maximum atomic E-state index is 6.29. The van der Waals surface area contributed by atoms with Crippen LogP contribution in [0.3, 0.4) is 0 Å². The third-order valence-electron chi connectivity index (χ3n) is 3.44. The fraction of sp³-hybridized carbons (Fsp3) is 0.353. The highest BCUT2D eigenvalue weighted by Gasteiger charge is 2.13. The summed E-state index contributed by atoms with van der Waals surface area (Å²) in [5.41, 5.74) is 2.46. The van der Waals surface area contributed by atoms with Gasteiger partial charge in [0, 0.05) is 21.9 Å². The second-order valence-corrected chi connectivity index (χ2v) is 6.51. The molecule has 0 amide bonds. The number of hydrogen-bond acceptors (Lipinski definition) is 2. The highest BCUT2D eigenvalue weighted by molar-refractivity contribution is 9.10. The minimum absolute atomic E-state index is 0.501. The Morgan fingerprint density at radius 3 is 2.76 bits per heavy atom. The summed E-state index contributed by atoms with van der Waals surface area (Å²) in [5.74, 6) is 0.501. The van der Waals surface area contributed by atoms with Crippen LogP contribution in [0.2, 0.25) is 5.02 Å². The number of aromatic nitrogens is 1. The summed E-state index contributed by atoms with van der Waals surface area (Å²) in [5, 5.41) is 4.30. The molecular weight excluding hydrogens is 348 g/mol. The Kier molecular flexibility index (Phi) is 6.68. The van der Waals surface area contributed by atoms with Crippen molar-refractivity contribution in [2.75, 3.05) is 13.1 Å². The second-order valence-electron chi connectivity index (χ2n) is 5.18. The molecule has 0 bridgehead atoms. The van der Waals surface area contributed by atoms with Gasteiger partial charge in [-0.3, -0.25) is 4.98 Å². The minimum Gasteiger partial charge on any atom is -0.317 e. The van der Waals surface area contributed by atoms with Crippen molar-refractivity contribution in [3.05, 3.63) is 63.3 Å². The first-order valence-electron chi connectivity index (χ1n) is 7.22. The summed E-state index contributed by atoms with van der Waals surface area (Å²) < 4.78 is 1.03. The van der Waals surface area contributed by atoms with Gasteiger partial charge in [-0.1, -0.05) is 36.7 Å². The van der Waals surface area contributed by atoms with Crippen molar-refractivity contribution in [3.8, 4) is 0 Å². The van der Waals surface area contributed by atoms with E-state index in [4.69, 9.17) is 11.6 Å². The summed E-state index contributed by atoms with van der Waals surface area (Å²) in [7, 11) is 0. The Balaban J connectivity index is 2.09. The first-order valence-corrected chi connectivity index (χ1v) is 8.39. The van der Waals surface area contributed by atoms with Crippen LogP contribution < -0.4 is 5.32 Å². The third kappa shape index (κ3) is 5.42. The molecule has 0 fully saturated rings. The molecular formula is C17H20BrClN2. The lowest BCUT2D eigenvalue weighted by atomic mass is 9.93. The van der Waals surface area contributed by atoms with Crippen molar-refractivity contribution in [2.45, 2.75) is 19.8 Å². The van der Waals surface area contributed by atoms with Crippen molar-refractivity contribution in [1.82, 2.24) is 10.3 Å². The van der Waals surface area contributed by atoms with Crippen LogP contribution in [0.25, 0.3) is 0 Å². The van der Waals surface area contributed by atoms with Gasteiger partial charge in [0.05, 0.1) is 0 Å². The van der Waals surface area contributed by atoms with Gasteiger partial charge in [-0.2, -0.15) is 0 Å². The van der Waals surface area contributed by atoms with Crippen molar-refractivity contribution in [3.63, 3.8) is 0 Å². The molecule has 0 saturated heterocycles. The van der Waals surface area contributed by atoms with Crippen LogP contribution in [-0.2, 0) is 12.8 Å². The van der Waals surface area contributed by atoms with Crippen molar-refractivity contribution < 1.29 is 0 Å². The molecule has 1 unspecified atom stereocenters. The van der Waals surface area contributed by atoms with Crippen LogP contribution in [0, 0.1) is 5.92 Å². The molecule has 21 heavy (non-hydrogen) atoms. The van der Waals surface area contributed by atoms with Crippen LogP contribution in [-0.4, -0.2) is 18.1 Å². The van der Waals surface area contributed by atoms with Gasteiger partial charge in [0.2, 0.25) is 0 Å². The van der Waals surface area contributed by atoms with Gasteiger partial charge in [-0.15, -0.1) is 0 Å². The number of halogens is 2.